The first-order valence-electron chi connectivity index (χ1n) is 5.79. The Morgan fingerprint density at radius 2 is 2.30 bits per heavy atom. The van der Waals surface area contributed by atoms with E-state index in [0.29, 0.717) is 0 Å². The molecule has 106 valence electrons. The summed E-state index contributed by atoms with van der Waals surface area (Å²) in [6.07, 6.45) is -3.58. The Hall–Kier alpha value is -2.13. The molecule has 9 heteroatoms. The van der Waals surface area contributed by atoms with Crippen molar-refractivity contribution in [3.8, 4) is 0 Å². The SMILES string of the molecule is C=CC1OC(c2cnc3c(N)nc(F)nn23)C(F)C1O. The van der Waals surface area contributed by atoms with Gasteiger partial charge < -0.3 is 15.6 Å². The summed E-state index contributed by atoms with van der Waals surface area (Å²) in [5.74, 6) is -0.169. The lowest BCUT2D eigenvalue weighted by atomic mass is 10.1. The highest BCUT2D eigenvalue weighted by Gasteiger charge is 2.45. The van der Waals surface area contributed by atoms with Crippen molar-refractivity contribution in [1.82, 2.24) is 19.6 Å². The molecule has 4 atom stereocenters. The van der Waals surface area contributed by atoms with Gasteiger partial charge in [-0.15, -0.1) is 11.7 Å². The van der Waals surface area contributed by atoms with Gasteiger partial charge in [0, 0.05) is 0 Å². The van der Waals surface area contributed by atoms with Gasteiger partial charge in [0.05, 0.1) is 11.9 Å². The van der Waals surface area contributed by atoms with Crippen LogP contribution in [-0.4, -0.2) is 43.1 Å². The molecule has 4 unspecified atom stereocenters. The van der Waals surface area contributed by atoms with Gasteiger partial charge in [0.1, 0.15) is 18.3 Å². The third kappa shape index (κ3) is 1.74. The smallest absolute Gasteiger partial charge is 0.328 e. The van der Waals surface area contributed by atoms with Crippen molar-refractivity contribution in [1.29, 1.82) is 0 Å². The molecule has 1 fully saturated rings. The van der Waals surface area contributed by atoms with E-state index in [1.807, 2.05) is 0 Å². The summed E-state index contributed by atoms with van der Waals surface area (Å²) in [6, 6.07) is 0. The monoisotopic (exact) mass is 283 g/mol. The van der Waals surface area contributed by atoms with Gasteiger partial charge in [0.25, 0.3) is 0 Å². The predicted octanol–water partition coefficient (Wildman–Crippen LogP) is 0.170. The first kappa shape index (κ1) is 12.9. The molecule has 1 aliphatic rings. The number of aliphatic hydroxyl groups excluding tert-OH is 1. The van der Waals surface area contributed by atoms with Crippen LogP contribution in [0.1, 0.15) is 11.8 Å². The highest BCUT2D eigenvalue weighted by molar-refractivity contribution is 5.59. The number of fused-ring (bicyclic) bond motifs is 1. The normalized spacial score (nSPS) is 29.9. The Morgan fingerprint density at radius 3 is 2.95 bits per heavy atom. The Bertz CT molecular complexity index is 676. The number of imidazole rings is 1. The maximum atomic E-state index is 14.1. The lowest BCUT2D eigenvalue weighted by Crippen LogP contribution is -2.26. The van der Waals surface area contributed by atoms with Crippen molar-refractivity contribution in [3.63, 3.8) is 0 Å². The number of nitrogens with two attached hydrogens (primary N) is 1. The Morgan fingerprint density at radius 1 is 1.55 bits per heavy atom. The fourth-order valence-corrected chi connectivity index (χ4v) is 2.20. The molecule has 1 aliphatic heterocycles. The number of ether oxygens (including phenoxy) is 1. The summed E-state index contributed by atoms with van der Waals surface area (Å²) in [4.78, 5) is 7.23. The van der Waals surface area contributed by atoms with Gasteiger partial charge in [-0.25, -0.2) is 13.9 Å². The number of aliphatic hydroxyl groups is 1. The van der Waals surface area contributed by atoms with Crippen molar-refractivity contribution >= 4 is 11.5 Å². The molecule has 2 aromatic heterocycles. The average Bonchev–Trinajstić information content (AvgIpc) is 2.93. The zero-order valence-electron chi connectivity index (χ0n) is 10.1. The largest absolute Gasteiger partial charge is 0.387 e. The van der Waals surface area contributed by atoms with Gasteiger partial charge in [0.15, 0.2) is 17.6 Å². The Balaban J connectivity index is 2.09. The second-order valence-electron chi connectivity index (χ2n) is 4.38. The second kappa shape index (κ2) is 4.46. The van der Waals surface area contributed by atoms with Crippen LogP contribution in [0.3, 0.4) is 0 Å². The van der Waals surface area contributed by atoms with Gasteiger partial charge >= 0.3 is 6.08 Å². The van der Waals surface area contributed by atoms with Crippen LogP contribution in [0.15, 0.2) is 18.9 Å². The topological polar surface area (TPSA) is 98.6 Å². The van der Waals surface area contributed by atoms with Crippen molar-refractivity contribution in [2.45, 2.75) is 24.5 Å². The first-order valence-corrected chi connectivity index (χ1v) is 5.79. The van der Waals surface area contributed by atoms with Crippen molar-refractivity contribution in [2.75, 3.05) is 5.73 Å². The van der Waals surface area contributed by atoms with Gasteiger partial charge in [-0.2, -0.15) is 9.37 Å². The van der Waals surface area contributed by atoms with E-state index < -0.39 is 30.6 Å². The standard InChI is InChI=1S/C11H11F2N5O2/c1-2-5-7(19)6(12)8(20-5)4-3-15-10-9(14)16-11(13)17-18(4)10/h2-3,5-8,19H,1H2,(H2,14,16,17). The molecular weight excluding hydrogens is 272 g/mol. The lowest BCUT2D eigenvalue weighted by Gasteiger charge is -2.11. The van der Waals surface area contributed by atoms with E-state index in [1.54, 1.807) is 0 Å². The van der Waals surface area contributed by atoms with E-state index in [4.69, 9.17) is 10.5 Å². The van der Waals surface area contributed by atoms with Gasteiger partial charge in [-0.3, -0.25) is 0 Å². The van der Waals surface area contributed by atoms with E-state index in [9.17, 15) is 13.9 Å². The highest BCUT2D eigenvalue weighted by Crippen LogP contribution is 2.36. The number of nitrogen functional groups attached to an aromatic ring is 1. The molecule has 0 saturated carbocycles. The Labute approximate surface area is 111 Å². The lowest BCUT2D eigenvalue weighted by molar-refractivity contribution is 0.0355. The Kier molecular flexibility index (Phi) is 2.87. The predicted molar refractivity (Wildman–Crippen MR) is 63.9 cm³/mol. The maximum Gasteiger partial charge on any atom is 0.328 e. The van der Waals surface area contributed by atoms with E-state index in [-0.39, 0.29) is 17.2 Å². The van der Waals surface area contributed by atoms with Crippen LogP contribution in [0.2, 0.25) is 0 Å². The number of hydrogen-bond donors (Lipinski definition) is 2. The van der Waals surface area contributed by atoms with Crippen LogP contribution < -0.4 is 5.73 Å². The quantitative estimate of drug-likeness (QED) is 0.762. The number of aromatic nitrogens is 4. The molecule has 3 heterocycles. The van der Waals surface area contributed by atoms with Crippen molar-refractivity contribution < 1.29 is 18.6 Å². The molecule has 2 aromatic rings. The second-order valence-corrected chi connectivity index (χ2v) is 4.38. The molecule has 0 spiro atoms. The third-order valence-electron chi connectivity index (χ3n) is 3.17. The van der Waals surface area contributed by atoms with Crippen LogP contribution in [0.25, 0.3) is 5.65 Å². The number of halogens is 2. The number of nitrogens with zero attached hydrogens (tertiary/aromatic N) is 4. The summed E-state index contributed by atoms with van der Waals surface area (Å²) >= 11 is 0. The fourth-order valence-electron chi connectivity index (χ4n) is 2.20. The van der Waals surface area contributed by atoms with E-state index >= 15 is 0 Å². The summed E-state index contributed by atoms with van der Waals surface area (Å²) in [7, 11) is 0. The van der Waals surface area contributed by atoms with Gasteiger partial charge in [-0.1, -0.05) is 6.08 Å². The zero-order chi connectivity index (χ0) is 14.4. The van der Waals surface area contributed by atoms with Crippen LogP contribution in [0.4, 0.5) is 14.6 Å². The molecular formula is C11H11F2N5O2. The van der Waals surface area contributed by atoms with E-state index in [1.165, 1.54) is 12.3 Å². The fraction of sp³-hybridized carbons (Fsp3) is 0.364. The van der Waals surface area contributed by atoms with Crippen LogP contribution in [-0.2, 0) is 4.74 Å². The molecule has 0 amide bonds. The van der Waals surface area contributed by atoms with E-state index in [2.05, 4.69) is 21.6 Å². The molecule has 0 aromatic carbocycles. The maximum absolute atomic E-state index is 14.1. The summed E-state index contributed by atoms with van der Waals surface area (Å²) in [5.41, 5.74) is 5.74. The van der Waals surface area contributed by atoms with Crippen molar-refractivity contribution in [3.05, 3.63) is 30.6 Å². The number of rotatable bonds is 2. The summed E-state index contributed by atoms with van der Waals surface area (Å²) < 4.78 is 33.6. The minimum Gasteiger partial charge on any atom is -0.387 e. The van der Waals surface area contributed by atoms with Crippen LogP contribution >= 0.6 is 0 Å². The molecule has 3 N–H and O–H groups in total. The average molecular weight is 283 g/mol. The van der Waals surface area contributed by atoms with Crippen LogP contribution in [0, 0.1) is 6.08 Å². The van der Waals surface area contributed by atoms with Crippen molar-refractivity contribution in [2.24, 2.45) is 0 Å². The summed E-state index contributed by atoms with van der Waals surface area (Å²) in [5, 5.41) is 13.2. The van der Waals surface area contributed by atoms with Gasteiger partial charge in [0.2, 0.25) is 0 Å². The summed E-state index contributed by atoms with van der Waals surface area (Å²) in [6.45, 7) is 3.45. The molecule has 3 rings (SSSR count). The highest BCUT2D eigenvalue weighted by atomic mass is 19.1. The number of anilines is 1. The molecule has 20 heavy (non-hydrogen) atoms. The molecule has 0 radical (unpaired) electrons. The van der Waals surface area contributed by atoms with Gasteiger partial charge in [-0.05, 0) is 0 Å². The minimum absolute atomic E-state index is 0.0914. The minimum atomic E-state index is -1.71. The molecule has 7 nitrogen and oxygen atoms in total. The first-order chi connectivity index (χ1) is 9.52. The van der Waals surface area contributed by atoms with Crippen LogP contribution in [0.5, 0.6) is 0 Å². The molecule has 1 saturated heterocycles. The van der Waals surface area contributed by atoms with E-state index in [0.717, 1.165) is 4.52 Å². The number of hydrogen-bond acceptors (Lipinski definition) is 6. The third-order valence-corrected chi connectivity index (χ3v) is 3.17. The zero-order valence-corrected chi connectivity index (χ0v) is 10.1. The number of alkyl halides is 1. The molecule has 0 bridgehead atoms. The molecule has 0 aliphatic carbocycles.